The van der Waals surface area contributed by atoms with Crippen LogP contribution in [0.5, 0.6) is 5.75 Å². The third-order valence-corrected chi connectivity index (χ3v) is 3.26. The van der Waals surface area contributed by atoms with Crippen molar-refractivity contribution in [2.75, 3.05) is 17.9 Å². The lowest BCUT2D eigenvalue weighted by atomic mass is 10.2. The second-order valence-corrected chi connectivity index (χ2v) is 5.09. The molecule has 0 aliphatic heterocycles. The van der Waals surface area contributed by atoms with Crippen molar-refractivity contribution in [3.8, 4) is 5.75 Å². The molecule has 0 bridgehead atoms. The van der Waals surface area contributed by atoms with Gasteiger partial charge >= 0.3 is 0 Å². The van der Waals surface area contributed by atoms with E-state index in [0.717, 1.165) is 17.1 Å². The second-order valence-electron chi connectivity index (χ2n) is 4.68. The van der Waals surface area contributed by atoms with Crippen LogP contribution in [-0.4, -0.2) is 23.6 Å². The Hall–Kier alpha value is -2.73. The van der Waals surface area contributed by atoms with Gasteiger partial charge in [0, 0.05) is 12.6 Å². The largest absolute Gasteiger partial charge is 0.497 e. The van der Waals surface area contributed by atoms with Gasteiger partial charge in [-0.1, -0.05) is 30.4 Å². The van der Waals surface area contributed by atoms with Gasteiger partial charge in [-0.25, -0.2) is 0 Å². The highest BCUT2D eigenvalue weighted by Crippen LogP contribution is 2.15. The Morgan fingerprint density at radius 2 is 1.70 bits per heavy atom. The molecule has 6 heteroatoms. The maximum absolute atomic E-state index is 11.8. The molecule has 2 rings (SSSR count). The van der Waals surface area contributed by atoms with E-state index in [1.54, 1.807) is 19.2 Å². The summed E-state index contributed by atoms with van der Waals surface area (Å²) in [4.78, 5) is 12.0. The van der Waals surface area contributed by atoms with E-state index in [2.05, 4.69) is 15.8 Å². The van der Waals surface area contributed by atoms with Crippen molar-refractivity contribution >= 4 is 40.1 Å². The van der Waals surface area contributed by atoms with E-state index in [4.69, 9.17) is 17.0 Å². The van der Waals surface area contributed by atoms with Crippen LogP contribution in [0.25, 0.3) is 0 Å². The van der Waals surface area contributed by atoms with Gasteiger partial charge in [0.2, 0.25) is 0 Å². The number of carbonyl (C=O) groups is 1. The van der Waals surface area contributed by atoms with Crippen molar-refractivity contribution in [1.82, 2.24) is 0 Å². The Morgan fingerprint density at radius 3 is 2.26 bits per heavy atom. The number of carbonyl (C=O) groups excluding carboxylic acids is 1. The predicted octanol–water partition coefficient (Wildman–Crippen LogP) is 3.49. The monoisotopic (exact) mass is 327 g/mol. The third kappa shape index (κ3) is 4.89. The number of anilines is 2. The SMILES string of the molecule is COc1ccc(NC(=S)/C(=N/Nc2ccccc2)C(C)=O)cc1. The Bertz CT molecular complexity index is 712. The summed E-state index contributed by atoms with van der Waals surface area (Å²) in [7, 11) is 1.60. The van der Waals surface area contributed by atoms with Crippen LogP contribution >= 0.6 is 12.2 Å². The zero-order valence-electron chi connectivity index (χ0n) is 12.9. The summed E-state index contributed by atoms with van der Waals surface area (Å²) in [6.45, 7) is 1.42. The smallest absolute Gasteiger partial charge is 0.182 e. The number of hydrazone groups is 1. The number of hydrogen-bond donors (Lipinski definition) is 2. The van der Waals surface area contributed by atoms with Crippen molar-refractivity contribution < 1.29 is 9.53 Å². The topological polar surface area (TPSA) is 62.7 Å². The van der Waals surface area contributed by atoms with Gasteiger partial charge in [-0.15, -0.1) is 0 Å². The van der Waals surface area contributed by atoms with E-state index in [-0.39, 0.29) is 16.5 Å². The van der Waals surface area contributed by atoms with Crippen molar-refractivity contribution in [3.63, 3.8) is 0 Å². The van der Waals surface area contributed by atoms with Gasteiger partial charge in [0.25, 0.3) is 0 Å². The highest BCUT2D eigenvalue weighted by Gasteiger charge is 2.13. The maximum Gasteiger partial charge on any atom is 0.182 e. The molecule has 5 nitrogen and oxygen atoms in total. The first-order valence-electron chi connectivity index (χ1n) is 6.95. The molecule has 0 aliphatic carbocycles. The molecule has 2 aromatic carbocycles. The molecule has 0 aromatic heterocycles. The second kappa shape index (κ2) is 8.05. The van der Waals surface area contributed by atoms with E-state index in [1.165, 1.54) is 6.92 Å². The molecule has 0 fully saturated rings. The number of benzene rings is 2. The minimum atomic E-state index is -0.223. The Balaban J connectivity index is 2.10. The third-order valence-electron chi connectivity index (χ3n) is 2.97. The lowest BCUT2D eigenvalue weighted by Crippen LogP contribution is -2.27. The minimum Gasteiger partial charge on any atom is -0.497 e. The summed E-state index contributed by atoms with van der Waals surface area (Å²) in [5, 5.41) is 7.11. The van der Waals surface area contributed by atoms with E-state index < -0.39 is 0 Å². The predicted molar refractivity (Wildman–Crippen MR) is 97.4 cm³/mol. The zero-order chi connectivity index (χ0) is 16.7. The number of nitrogens with zero attached hydrogens (tertiary/aromatic N) is 1. The molecule has 0 spiro atoms. The van der Waals surface area contributed by atoms with Crippen LogP contribution < -0.4 is 15.5 Å². The van der Waals surface area contributed by atoms with Gasteiger partial charge < -0.3 is 10.1 Å². The number of ether oxygens (including phenoxy) is 1. The van der Waals surface area contributed by atoms with Crippen LogP contribution in [0.4, 0.5) is 11.4 Å². The number of hydrogen-bond acceptors (Lipinski definition) is 5. The molecule has 0 radical (unpaired) electrons. The molecule has 0 atom stereocenters. The van der Waals surface area contributed by atoms with Crippen molar-refractivity contribution in [1.29, 1.82) is 0 Å². The quantitative estimate of drug-likeness (QED) is 0.483. The van der Waals surface area contributed by atoms with Gasteiger partial charge in [-0.2, -0.15) is 5.10 Å². The zero-order valence-corrected chi connectivity index (χ0v) is 13.7. The van der Waals surface area contributed by atoms with Crippen molar-refractivity contribution in [2.45, 2.75) is 6.92 Å². The standard InChI is InChI=1S/C17H17N3O2S/c1-12(21)16(20-19-14-6-4-3-5-7-14)17(23)18-13-8-10-15(22-2)11-9-13/h3-11,19H,1-2H3,(H,18,23)/b20-16+. The van der Waals surface area contributed by atoms with Gasteiger partial charge in [-0.05, 0) is 36.4 Å². The molecule has 0 aliphatic rings. The number of thiocarbonyl (C=S) groups is 1. The van der Waals surface area contributed by atoms with Crippen LogP contribution in [0.1, 0.15) is 6.92 Å². The van der Waals surface area contributed by atoms with Crippen LogP contribution in [0.3, 0.4) is 0 Å². The number of ketones is 1. The lowest BCUT2D eigenvalue weighted by Gasteiger charge is -2.10. The molecular formula is C17H17N3O2S. The number of Topliss-reactive ketones (excluding diaryl/α,β-unsaturated/α-hetero) is 1. The van der Waals surface area contributed by atoms with Crippen LogP contribution in [0.15, 0.2) is 59.7 Å². The first-order valence-corrected chi connectivity index (χ1v) is 7.36. The highest BCUT2D eigenvalue weighted by atomic mass is 32.1. The molecule has 0 saturated carbocycles. The maximum atomic E-state index is 11.8. The molecule has 0 saturated heterocycles. The fourth-order valence-corrected chi connectivity index (χ4v) is 2.09. The van der Waals surface area contributed by atoms with Gasteiger partial charge in [0.1, 0.15) is 10.7 Å². The molecule has 0 unspecified atom stereocenters. The molecular weight excluding hydrogens is 310 g/mol. The fraction of sp³-hybridized carbons (Fsp3) is 0.118. The first kappa shape index (κ1) is 16.6. The lowest BCUT2D eigenvalue weighted by molar-refractivity contribution is -0.110. The first-order chi connectivity index (χ1) is 11.1. The van der Waals surface area contributed by atoms with E-state index in [0.29, 0.717) is 0 Å². The summed E-state index contributed by atoms with van der Waals surface area (Å²) in [5.41, 5.74) is 4.53. The molecule has 23 heavy (non-hydrogen) atoms. The Labute approximate surface area is 140 Å². The van der Waals surface area contributed by atoms with Crippen molar-refractivity contribution in [3.05, 3.63) is 54.6 Å². The van der Waals surface area contributed by atoms with Crippen LogP contribution in [-0.2, 0) is 4.79 Å². The summed E-state index contributed by atoms with van der Waals surface area (Å²) in [5.74, 6) is 0.520. The van der Waals surface area contributed by atoms with Crippen LogP contribution in [0, 0.1) is 0 Å². The number of rotatable bonds is 6. The molecule has 2 N–H and O–H groups in total. The Morgan fingerprint density at radius 1 is 1.04 bits per heavy atom. The number of methoxy groups -OCH3 is 1. The van der Waals surface area contributed by atoms with E-state index >= 15 is 0 Å². The average Bonchev–Trinajstić information content (AvgIpc) is 2.56. The van der Waals surface area contributed by atoms with Gasteiger partial charge in [0.15, 0.2) is 11.5 Å². The van der Waals surface area contributed by atoms with E-state index in [1.807, 2.05) is 42.5 Å². The summed E-state index contributed by atoms with van der Waals surface area (Å²) in [6, 6.07) is 16.6. The summed E-state index contributed by atoms with van der Waals surface area (Å²) < 4.78 is 5.10. The summed E-state index contributed by atoms with van der Waals surface area (Å²) in [6.07, 6.45) is 0. The van der Waals surface area contributed by atoms with E-state index in [9.17, 15) is 4.79 Å². The fourth-order valence-electron chi connectivity index (χ4n) is 1.79. The van der Waals surface area contributed by atoms with Gasteiger partial charge in [0.05, 0.1) is 12.8 Å². The normalized spacial score (nSPS) is 10.8. The molecule has 0 heterocycles. The minimum absolute atomic E-state index is 0.166. The molecule has 0 amide bonds. The van der Waals surface area contributed by atoms with Crippen LogP contribution in [0.2, 0.25) is 0 Å². The highest BCUT2D eigenvalue weighted by molar-refractivity contribution is 7.82. The average molecular weight is 327 g/mol. The summed E-state index contributed by atoms with van der Waals surface area (Å²) >= 11 is 5.28. The van der Waals surface area contributed by atoms with Gasteiger partial charge in [-0.3, -0.25) is 10.2 Å². The molecule has 2 aromatic rings. The molecule has 118 valence electrons. The number of para-hydroxylation sites is 1. The Kier molecular flexibility index (Phi) is 5.82. The van der Waals surface area contributed by atoms with Crippen molar-refractivity contribution in [2.24, 2.45) is 5.10 Å². The number of nitrogens with one attached hydrogen (secondary N) is 2.